The Morgan fingerprint density at radius 2 is 1.28 bits per heavy atom. The van der Waals surface area contributed by atoms with Gasteiger partial charge < -0.3 is 18.9 Å². The zero-order valence-corrected chi connectivity index (χ0v) is 30.0. The van der Waals surface area contributed by atoms with Crippen LogP contribution in [0.2, 0.25) is 0 Å². The largest absolute Gasteiger partial charge is 0.493 e. The van der Waals surface area contributed by atoms with E-state index in [4.69, 9.17) is 18.9 Å². The minimum Gasteiger partial charge on any atom is -0.493 e. The first kappa shape index (κ1) is 32.6. The average molecular weight is 751 g/mol. The normalized spacial score (nSPS) is 18.9. The molecule has 0 spiro atoms. The summed E-state index contributed by atoms with van der Waals surface area (Å²) in [6, 6.07) is 19.7. The van der Waals surface area contributed by atoms with E-state index in [0.29, 0.717) is 72.2 Å². The van der Waals surface area contributed by atoms with Crippen LogP contribution in [0.5, 0.6) is 17.2 Å². The second-order valence-electron chi connectivity index (χ2n) is 14.0. The lowest BCUT2D eigenvalue weighted by molar-refractivity contribution is -0.120. The molecule has 0 saturated carbocycles. The maximum atomic E-state index is 13.7. The van der Waals surface area contributed by atoms with E-state index in [0.717, 1.165) is 25.6 Å². The monoisotopic (exact) mass is 748 g/mol. The number of benzene rings is 3. The van der Waals surface area contributed by atoms with E-state index in [1.165, 1.54) is 0 Å². The highest BCUT2D eigenvalue weighted by atomic mass is 79.9. The molecule has 6 nitrogen and oxygen atoms in total. The Bertz CT molecular complexity index is 1690. The maximum Gasteiger partial charge on any atom is 0.163 e. The molecule has 0 saturated heterocycles. The fourth-order valence-electron chi connectivity index (χ4n) is 6.70. The van der Waals surface area contributed by atoms with E-state index in [1.807, 2.05) is 60.7 Å². The Labute approximate surface area is 287 Å². The molecule has 8 heteroatoms. The number of carbonyl (C=O) groups is 2. The van der Waals surface area contributed by atoms with Crippen LogP contribution in [0.1, 0.15) is 76.0 Å². The topological polar surface area (TPSA) is 71.1 Å². The fourth-order valence-corrected chi connectivity index (χ4v) is 8.15. The summed E-state index contributed by atoms with van der Waals surface area (Å²) in [5.74, 6) is 2.90. The molecule has 6 rings (SSSR count). The average Bonchev–Trinajstić information content (AvgIpc) is 2.98. The minimum absolute atomic E-state index is 0.0400. The molecule has 0 radical (unpaired) electrons. The second kappa shape index (κ2) is 12.7. The van der Waals surface area contributed by atoms with Gasteiger partial charge in [0.2, 0.25) is 0 Å². The van der Waals surface area contributed by atoms with Crippen LogP contribution < -0.4 is 14.2 Å². The van der Waals surface area contributed by atoms with Gasteiger partial charge in [-0.05, 0) is 83.6 Å². The standard InChI is InChI=1S/C38H38Br2O6/c1-37(2)16-27(41)34-31(18-37)46-32-19-38(3,4)17-28(42)35(32)33(34)24-14-25(39)36(26(40)15-24)45-21-23-11-12-29(30(13-23)43-5)44-20-22-9-7-6-8-10-22/h6-15,33H,16-21H2,1-5H3. The van der Waals surface area contributed by atoms with E-state index in [-0.39, 0.29) is 29.0 Å². The number of hydrogen-bond donors (Lipinski definition) is 0. The Morgan fingerprint density at radius 3 is 1.85 bits per heavy atom. The van der Waals surface area contributed by atoms with Gasteiger partial charge in [-0.3, -0.25) is 9.59 Å². The highest BCUT2D eigenvalue weighted by Crippen LogP contribution is 2.54. The first-order valence-electron chi connectivity index (χ1n) is 15.5. The number of ketones is 2. The lowest BCUT2D eigenvalue weighted by Crippen LogP contribution is -2.37. The molecule has 0 atom stereocenters. The minimum atomic E-state index is -0.486. The highest BCUT2D eigenvalue weighted by molar-refractivity contribution is 9.11. The summed E-state index contributed by atoms with van der Waals surface area (Å²) in [6.07, 6.45) is 2.13. The van der Waals surface area contributed by atoms with Gasteiger partial charge in [-0.15, -0.1) is 0 Å². The van der Waals surface area contributed by atoms with E-state index >= 15 is 0 Å². The molecule has 0 aromatic heterocycles. The molecule has 0 unspecified atom stereocenters. The van der Waals surface area contributed by atoms with Crippen LogP contribution in [0.15, 0.2) is 92.3 Å². The van der Waals surface area contributed by atoms with Gasteiger partial charge >= 0.3 is 0 Å². The zero-order chi connectivity index (χ0) is 32.8. The summed E-state index contributed by atoms with van der Waals surface area (Å²) in [5, 5.41) is 0. The Morgan fingerprint density at radius 1 is 0.717 bits per heavy atom. The van der Waals surface area contributed by atoms with Crippen molar-refractivity contribution in [3.05, 3.63) is 109 Å². The number of allylic oxidation sites excluding steroid dienone is 4. The molecule has 0 amide bonds. The summed E-state index contributed by atoms with van der Waals surface area (Å²) < 4.78 is 25.8. The highest BCUT2D eigenvalue weighted by Gasteiger charge is 2.48. The van der Waals surface area contributed by atoms with Gasteiger partial charge in [0.1, 0.15) is 30.5 Å². The molecule has 1 aliphatic heterocycles. The third-order valence-corrected chi connectivity index (χ3v) is 9.96. The fraction of sp³-hybridized carbons (Fsp3) is 0.368. The van der Waals surface area contributed by atoms with Crippen LogP contribution in [0.25, 0.3) is 0 Å². The molecule has 1 heterocycles. The second-order valence-corrected chi connectivity index (χ2v) is 15.7. The molecule has 3 aromatic rings. The number of halogens is 2. The van der Waals surface area contributed by atoms with Gasteiger partial charge in [-0.2, -0.15) is 0 Å². The van der Waals surface area contributed by atoms with Crippen LogP contribution in [0.4, 0.5) is 0 Å². The molecule has 240 valence electrons. The van der Waals surface area contributed by atoms with Gasteiger partial charge in [0, 0.05) is 42.7 Å². The predicted octanol–water partition coefficient (Wildman–Crippen LogP) is 9.78. The third kappa shape index (κ3) is 6.70. The van der Waals surface area contributed by atoms with Crippen LogP contribution >= 0.6 is 31.9 Å². The van der Waals surface area contributed by atoms with Crippen molar-refractivity contribution in [1.82, 2.24) is 0 Å². The molecule has 3 aliphatic rings. The SMILES string of the molecule is COc1cc(COc2c(Br)cc(C3C4=C(CC(C)(C)CC4=O)OC4=C3C(=O)CC(C)(C)C4)cc2Br)ccc1OCc1ccccc1. The number of carbonyl (C=O) groups excluding carboxylic acids is 2. The number of rotatable bonds is 8. The molecular weight excluding hydrogens is 712 g/mol. The van der Waals surface area contributed by atoms with Gasteiger partial charge in [-0.1, -0.05) is 64.1 Å². The van der Waals surface area contributed by atoms with Crippen LogP contribution in [-0.2, 0) is 27.5 Å². The van der Waals surface area contributed by atoms with Crippen molar-refractivity contribution in [2.24, 2.45) is 10.8 Å². The summed E-state index contributed by atoms with van der Waals surface area (Å²) in [4.78, 5) is 27.4. The van der Waals surface area contributed by atoms with E-state index < -0.39 is 5.92 Å². The van der Waals surface area contributed by atoms with Crippen molar-refractivity contribution in [2.45, 2.75) is 72.5 Å². The summed E-state index contributed by atoms with van der Waals surface area (Å²) in [6.45, 7) is 9.09. The van der Waals surface area contributed by atoms with Gasteiger partial charge in [-0.25, -0.2) is 0 Å². The number of Topliss-reactive ketones (excluding diaryl/α,β-unsaturated/α-hetero) is 2. The summed E-state index contributed by atoms with van der Waals surface area (Å²) in [7, 11) is 1.62. The van der Waals surface area contributed by atoms with Crippen LogP contribution in [0, 0.1) is 10.8 Å². The molecular formula is C38H38Br2O6. The lowest BCUT2D eigenvalue weighted by atomic mass is 9.65. The third-order valence-electron chi connectivity index (χ3n) is 8.78. The molecule has 2 aliphatic carbocycles. The van der Waals surface area contributed by atoms with Gasteiger partial charge in [0.15, 0.2) is 23.1 Å². The first-order chi connectivity index (χ1) is 21.8. The Hall–Kier alpha value is -3.36. The number of methoxy groups -OCH3 is 1. The summed E-state index contributed by atoms with van der Waals surface area (Å²) in [5.41, 5.74) is 3.63. The zero-order valence-electron chi connectivity index (χ0n) is 26.8. The molecule has 46 heavy (non-hydrogen) atoms. The van der Waals surface area contributed by atoms with Crippen LogP contribution in [-0.4, -0.2) is 18.7 Å². The van der Waals surface area contributed by atoms with Gasteiger partial charge in [0.05, 0.1) is 16.1 Å². The van der Waals surface area contributed by atoms with Crippen molar-refractivity contribution in [1.29, 1.82) is 0 Å². The quantitative estimate of drug-likeness (QED) is 0.229. The molecule has 3 aromatic carbocycles. The van der Waals surface area contributed by atoms with Crippen molar-refractivity contribution in [3.8, 4) is 17.2 Å². The molecule has 0 bridgehead atoms. The summed E-state index contributed by atoms with van der Waals surface area (Å²) >= 11 is 7.46. The van der Waals surface area contributed by atoms with Gasteiger partial charge in [0.25, 0.3) is 0 Å². The number of hydrogen-bond acceptors (Lipinski definition) is 6. The Kier molecular flexibility index (Phi) is 8.98. The van der Waals surface area contributed by atoms with Crippen molar-refractivity contribution >= 4 is 43.4 Å². The van der Waals surface area contributed by atoms with Crippen molar-refractivity contribution < 1.29 is 28.5 Å². The van der Waals surface area contributed by atoms with E-state index in [1.54, 1.807) is 7.11 Å². The smallest absolute Gasteiger partial charge is 0.163 e. The predicted molar refractivity (Wildman–Crippen MR) is 184 cm³/mol. The molecule has 0 N–H and O–H groups in total. The van der Waals surface area contributed by atoms with Crippen LogP contribution in [0.3, 0.4) is 0 Å². The first-order valence-corrected chi connectivity index (χ1v) is 17.1. The van der Waals surface area contributed by atoms with E-state index in [9.17, 15) is 9.59 Å². The Balaban J connectivity index is 1.27. The lowest BCUT2D eigenvalue weighted by Gasteiger charge is -2.42. The maximum absolute atomic E-state index is 13.7. The van der Waals surface area contributed by atoms with Crippen molar-refractivity contribution in [2.75, 3.05) is 7.11 Å². The number of ether oxygens (including phenoxy) is 4. The molecule has 0 fully saturated rings. The van der Waals surface area contributed by atoms with Crippen molar-refractivity contribution in [3.63, 3.8) is 0 Å². The van der Waals surface area contributed by atoms with E-state index in [2.05, 4.69) is 59.6 Å².